The Balaban J connectivity index is 0.00000182. The maximum Gasteiger partial charge on any atom is 0.272 e. The number of rotatable bonds is 3. The lowest BCUT2D eigenvalue weighted by molar-refractivity contribution is 0.0176. The number of carbonyl (C=O) groups is 1. The lowest BCUT2D eigenvalue weighted by atomic mass is 10.1. The van der Waals surface area contributed by atoms with E-state index < -0.39 is 0 Å². The first-order valence-corrected chi connectivity index (χ1v) is 8.53. The quantitative estimate of drug-likeness (QED) is 0.874. The third-order valence-corrected chi connectivity index (χ3v) is 4.86. The maximum absolute atomic E-state index is 12.7. The molecular formula is C18H23ClN4O2. The van der Waals surface area contributed by atoms with Gasteiger partial charge in [0, 0.05) is 25.2 Å². The van der Waals surface area contributed by atoms with Gasteiger partial charge in [0.15, 0.2) is 0 Å². The number of ether oxygens (including phenoxy) is 1. The van der Waals surface area contributed by atoms with Crippen LogP contribution in [0.1, 0.15) is 23.0 Å². The standard InChI is InChI=1S/C18H22N4O2.ClH/c1-2-12-3-5-13(6-4-12)14-9-15(21-20-14)18(23)22-10-16-17(11-22)24-8-7-19-16;/h3-6,9,16-17,19H,2,7-8,10-11H2,1H3,(H,20,21);1H/t16-,17-;/m0./s1. The molecule has 0 bridgehead atoms. The molecule has 1 amide bonds. The van der Waals surface area contributed by atoms with Gasteiger partial charge in [0.25, 0.3) is 5.91 Å². The summed E-state index contributed by atoms with van der Waals surface area (Å²) in [5, 5.41) is 10.6. The second-order valence-electron chi connectivity index (χ2n) is 6.40. The summed E-state index contributed by atoms with van der Waals surface area (Å²) in [6, 6.07) is 10.4. The number of aryl methyl sites for hydroxylation is 1. The number of nitrogens with zero attached hydrogens (tertiary/aromatic N) is 2. The number of halogens is 1. The number of amides is 1. The van der Waals surface area contributed by atoms with Crippen LogP contribution in [-0.4, -0.2) is 59.4 Å². The largest absolute Gasteiger partial charge is 0.373 e. The Labute approximate surface area is 153 Å². The van der Waals surface area contributed by atoms with Gasteiger partial charge in [-0.05, 0) is 18.1 Å². The average Bonchev–Trinajstić information content (AvgIpc) is 3.28. The molecule has 2 fully saturated rings. The molecule has 2 aromatic rings. The molecule has 0 radical (unpaired) electrons. The van der Waals surface area contributed by atoms with Gasteiger partial charge >= 0.3 is 0 Å². The van der Waals surface area contributed by atoms with E-state index in [0.717, 1.165) is 24.2 Å². The van der Waals surface area contributed by atoms with E-state index in [2.05, 4.69) is 34.6 Å². The third kappa shape index (κ3) is 3.56. The Morgan fingerprint density at radius 3 is 2.84 bits per heavy atom. The molecule has 0 aliphatic carbocycles. The van der Waals surface area contributed by atoms with E-state index >= 15 is 0 Å². The summed E-state index contributed by atoms with van der Waals surface area (Å²) < 4.78 is 5.73. The van der Waals surface area contributed by atoms with Gasteiger partial charge in [-0.25, -0.2) is 0 Å². The highest BCUT2D eigenvalue weighted by atomic mass is 35.5. The van der Waals surface area contributed by atoms with Gasteiger partial charge in [-0.3, -0.25) is 9.89 Å². The van der Waals surface area contributed by atoms with E-state index in [4.69, 9.17) is 4.74 Å². The Kier molecular flexibility index (Phi) is 5.42. The normalized spacial score (nSPS) is 22.4. The highest BCUT2D eigenvalue weighted by Gasteiger charge is 2.38. The van der Waals surface area contributed by atoms with Crippen molar-refractivity contribution in [2.45, 2.75) is 25.5 Å². The molecule has 1 aromatic heterocycles. The number of H-pyrrole nitrogens is 1. The van der Waals surface area contributed by atoms with Crippen molar-refractivity contribution in [3.63, 3.8) is 0 Å². The second-order valence-corrected chi connectivity index (χ2v) is 6.40. The number of carbonyl (C=O) groups excluding carboxylic acids is 1. The van der Waals surface area contributed by atoms with Crippen LogP contribution < -0.4 is 5.32 Å². The van der Waals surface area contributed by atoms with E-state index in [1.54, 1.807) is 0 Å². The van der Waals surface area contributed by atoms with Crippen LogP contribution in [0.3, 0.4) is 0 Å². The number of fused-ring (bicyclic) bond motifs is 1. The molecule has 6 nitrogen and oxygen atoms in total. The molecular weight excluding hydrogens is 340 g/mol. The summed E-state index contributed by atoms with van der Waals surface area (Å²) in [4.78, 5) is 14.5. The molecule has 2 N–H and O–H groups in total. The number of benzene rings is 1. The molecule has 134 valence electrons. The molecule has 2 saturated heterocycles. The van der Waals surface area contributed by atoms with Crippen LogP contribution in [-0.2, 0) is 11.2 Å². The van der Waals surface area contributed by atoms with Gasteiger partial charge < -0.3 is 15.0 Å². The second kappa shape index (κ2) is 7.56. The van der Waals surface area contributed by atoms with Gasteiger partial charge in [0.05, 0.1) is 24.4 Å². The molecule has 2 aliphatic rings. The molecule has 0 saturated carbocycles. The highest BCUT2D eigenvalue weighted by molar-refractivity contribution is 5.93. The monoisotopic (exact) mass is 362 g/mol. The molecule has 3 heterocycles. The molecule has 2 aliphatic heterocycles. The molecule has 2 atom stereocenters. The zero-order valence-electron chi connectivity index (χ0n) is 14.2. The number of hydrogen-bond acceptors (Lipinski definition) is 4. The lowest BCUT2D eigenvalue weighted by Crippen LogP contribution is -2.47. The lowest BCUT2D eigenvalue weighted by Gasteiger charge is -2.25. The van der Waals surface area contributed by atoms with Crippen molar-refractivity contribution >= 4 is 18.3 Å². The summed E-state index contributed by atoms with van der Waals surface area (Å²) >= 11 is 0. The number of likely N-dealkylation sites (tertiary alicyclic amines) is 1. The van der Waals surface area contributed by atoms with Crippen molar-refractivity contribution in [2.75, 3.05) is 26.2 Å². The summed E-state index contributed by atoms with van der Waals surface area (Å²) in [5.74, 6) is -0.0151. The summed E-state index contributed by atoms with van der Waals surface area (Å²) in [6.07, 6.45) is 1.12. The third-order valence-electron chi connectivity index (χ3n) is 4.86. The first kappa shape index (κ1) is 17.9. The fourth-order valence-corrected chi connectivity index (χ4v) is 3.42. The Bertz CT molecular complexity index is 717. The fourth-order valence-electron chi connectivity index (χ4n) is 3.42. The van der Waals surface area contributed by atoms with Crippen LogP contribution >= 0.6 is 12.4 Å². The van der Waals surface area contributed by atoms with Gasteiger partial charge in [-0.2, -0.15) is 5.10 Å². The topological polar surface area (TPSA) is 70.2 Å². The summed E-state index contributed by atoms with van der Waals surface area (Å²) in [6.45, 7) is 5.02. The number of hydrogen-bond donors (Lipinski definition) is 2. The van der Waals surface area contributed by atoms with E-state index in [1.807, 2.05) is 23.1 Å². The van der Waals surface area contributed by atoms with Crippen LogP contribution in [0.4, 0.5) is 0 Å². The minimum atomic E-state index is -0.0151. The number of aromatic nitrogens is 2. The van der Waals surface area contributed by atoms with Crippen LogP contribution in [0.25, 0.3) is 11.3 Å². The Morgan fingerprint density at radius 1 is 1.32 bits per heavy atom. The summed E-state index contributed by atoms with van der Waals surface area (Å²) in [5.41, 5.74) is 3.63. The number of morpholine rings is 1. The summed E-state index contributed by atoms with van der Waals surface area (Å²) in [7, 11) is 0. The van der Waals surface area contributed by atoms with Gasteiger partial charge in [0.2, 0.25) is 0 Å². The first-order chi connectivity index (χ1) is 11.7. The van der Waals surface area contributed by atoms with Gasteiger partial charge in [-0.15, -0.1) is 12.4 Å². The average molecular weight is 363 g/mol. The Hall–Kier alpha value is -1.89. The molecule has 7 heteroatoms. The van der Waals surface area contributed by atoms with Crippen LogP contribution in [0.5, 0.6) is 0 Å². The van der Waals surface area contributed by atoms with E-state index in [9.17, 15) is 4.79 Å². The zero-order valence-corrected chi connectivity index (χ0v) is 15.0. The van der Waals surface area contributed by atoms with Crippen LogP contribution in [0.2, 0.25) is 0 Å². The van der Waals surface area contributed by atoms with Crippen LogP contribution in [0, 0.1) is 0 Å². The minimum absolute atomic E-state index is 0. The van der Waals surface area contributed by atoms with E-state index in [-0.39, 0.29) is 30.5 Å². The van der Waals surface area contributed by atoms with E-state index in [1.165, 1.54) is 5.56 Å². The number of aromatic amines is 1. The molecule has 0 spiro atoms. The molecule has 0 unspecified atom stereocenters. The van der Waals surface area contributed by atoms with Gasteiger partial charge in [0.1, 0.15) is 5.69 Å². The first-order valence-electron chi connectivity index (χ1n) is 8.53. The minimum Gasteiger partial charge on any atom is -0.373 e. The fraction of sp³-hybridized carbons (Fsp3) is 0.444. The van der Waals surface area contributed by atoms with E-state index in [0.29, 0.717) is 25.4 Å². The predicted molar refractivity (Wildman–Crippen MR) is 98.1 cm³/mol. The van der Waals surface area contributed by atoms with Crippen molar-refractivity contribution in [3.8, 4) is 11.3 Å². The van der Waals surface area contributed by atoms with Crippen molar-refractivity contribution in [1.82, 2.24) is 20.4 Å². The van der Waals surface area contributed by atoms with Crippen molar-refractivity contribution < 1.29 is 9.53 Å². The van der Waals surface area contributed by atoms with Crippen molar-refractivity contribution in [1.29, 1.82) is 0 Å². The predicted octanol–water partition coefficient (Wildman–Crippen LogP) is 1.87. The SMILES string of the molecule is CCc1ccc(-c2cc(C(=O)N3C[C@@H]4NCCO[C@H]4C3)[nH]n2)cc1.Cl. The molecule has 4 rings (SSSR count). The zero-order chi connectivity index (χ0) is 16.5. The smallest absolute Gasteiger partial charge is 0.272 e. The Morgan fingerprint density at radius 2 is 2.12 bits per heavy atom. The molecule has 1 aromatic carbocycles. The number of nitrogens with one attached hydrogen (secondary N) is 2. The molecule has 25 heavy (non-hydrogen) atoms. The maximum atomic E-state index is 12.7. The van der Waals surface area contributed by atoms with Crippen molar-refractivity contribution in [3.05, 3.63) is 41.6 Å². The van der Waals surface area contributed by atoms with Crippen molar-refractivity contribution in [2.24, 2.45) is 0 Å². The van der Waals surface area contributed by atoms with Gasteiger partial charge in [-0.1, -0.05) is 31.2 Å². The highest BCUT2D eigenvalue weighted by Crippen LogP contribution is 2.22. The van der Waals surface area contributed by atoms with Crippen LogP contribution in [0.15, 0.2) is 30.3 Å².